The van der Waals surface area contributed by atoms with Crippen molar-refractivity contribution >= 4 is 6.47 Å². The maximum atomic E-state index is 10.0. The minimum absolute atomic E-state index is 0.368. The van der Waals surface area contributed by atoms with Crippen LogP contribution in [0.3, 0.4) is 0 Å². The zero-order valence-corrected chi connectivity index (χ0v) is 9.43. The summed E-state index contributed by atoms with van der Waals surface area (Å²) in [6.45, 7) is 1.82. The van der Waals surface area contributed by atoms with Crippen LogP contribution in [0.2, 0.25) is 0 Å². The van der Waals surface area contributed by atoms with E-state index >= 15 is 0 Å². The van der Waals surface area contributed by atoms with Gasteiger partial charge in [-0.15, -0.1) is 0 Å². The van der Waals surface area contributed by atoms with Crippen molar-refractivity contribution in [1.29, 1.82) is 0 Å². The SMILES string of the molecule is O=[C]OCCc1ccccc1-c1ccccc1. The Morgan fingerprint density at radius 3 is 2.41 bits per heavy atom. The molecule has 0 saturated carbocycles. The summed E-state index contributed by atoms with van der Waals surface area (Å²) in [7, 11) is 0. The van der Waals surface area contributed by atoms with Crippen LogP contribution in [0.15, 0.2) is 54.6 Å². The maximum Gasteiger partial charge on any atom is 0.417 e. The Labute approximate surface area is 101 Å². The molecule has 0 aromatic heterocycles. The van der Waals surface area contributed by atoms with Crippen LogP contribution in [0.5, 0.6) is 0 Å². The van der Waals surface area contributed by atoms with Gasteiger partial charge in [0.2, 0.25) is 0 Å². The maximum absolute atomic E-state index is 10.0. The molecule has 0 unspecified atom stereocenters. The normalized spacial score (nSPS) is 9.88. The third-order valence-electron chi connectivity index (χ3n) is 2.63. The number of benzene rings is 2. The first-order valence-electron chi connectivity index (χ1n) is 5.54. The second kappa shape index (κ2) is 5.85. The zero-order chi connectivity index (χ0) is 11.9. The highest BCUT2D eigenvalue weighted by Gasteiger charge is 2.03. The molecule has 1 radical (unpaired) electrons. The predicted octanol–water partition coefficient (Wildman–Crippen LogP) is 2.98. The molecular formula is C15H13O2. The monoisotopic (exact) mass is 225 g/mol. The lowest BCUT2D eigenvalue weighted by molar-refractivity contribution is 0.282. The van der Waals surface area contributed by atoms with Gasteiger partial charge in [0, 0.05) is 6.42 Å². The summed E-state index contributed by atoms with van der Waals surface area (Å²) in [5.74, 6) is 0. The highest BCUT2D eigenvalue weighted by atomic mass is 16.5. The van der Waals surface area contributed by atoms with Gasteiger partial charge in [-0.2, -0.15) is 0 Å². The van der Waals surface area contributed by atoms with Crippen LogP contribution in [0.4, 0.5) is 0 Å². The number of hydrogen-bond donors (Lipinski definition) is 0. The Bertz CT molecular complexity index is 477. The third kappa shape index (κ3) is 2.94. The lowest BCUT2D eigenvalue weighted by Gasteiger charge is -2.08. The summed E-state index contributed by atoms with van der Waals surface area (Å²) in [5, 5.41) is 0. The first kappa shape index (κ1) is 11.4. The highest BCUT2D eigenvalue weighted by molar-refractivity contribution is 5.67. The Balaban J connectivity index is 2.25. The van der Waals surface area contributed by atoms with Gasteiger partial charge in [-0.1, -0.05) is 54.6 Å². The van der Waals surface area contributed by atoms with Crippen molar-refractivity contribution in [3.05, 3.63) is 60.2 Å². The van der Waals surface area contributed by atoms with Gasteiger partial charge in [-0.05, 0) is 16.7 Å². The summed E-state index contributed by atoms with van der Waals surface area (Å²) < 4.78 is 4.62. The Kier molecular flexibility index (Phi) is 3.92. The van der Waals surface area contributed by atoms with Gasteiger partial charge in [-0.3, -0.25) is 0 Å². The van der Waals surface area contributed by atoms with Gasteiger partial charge >= 0.3 is 6.47 Å². The van der Waals surface area contributed by atoms with Crippen molar-refractivity contribution in [2.45, 2.75) is 6.42 Å². The van der Waals surface area contributed by atoms with E-state index in [1.165, 1.54) is 23.2 Å². The molecule has 2 nitrogen and oxygen atoms in total. The molecule has 0 aliphatic rings. The molecule has 2 aromatic carbocycles. The lowest BCUT2D eigenvalue weighted by Crippen LogP contribution is -1.98. The highest BCUT2D eigenvalue weighted by Crippen LogP contribution is 2.23. The van der Waals surface area contributed by atoms with E-state index in [-0.39, 0.29) is 0 Å². The van der Waals surface area contributed by atoms with Gasteiger partial charge < -0.3 is 4.74 Å². The molecular weight excluding hydrogens is 212 g/mol. The molecule has 0 spiro atoms. The van der Waals surface area contributed by atoms with Crippen molar-refractivity contribution < 1.29 is 9.53 Å². The Morgan fingerprint density at radius 1 is 0.941 bits per heavy atom. The van der Waals surface area contributed by atoms with Crippen LogP contribution in [-0.4, -0.2) is 13.1 Å². The van der Waals surface area contributed by atoms with Crippen molar-refractivity contribution in [1.82, 2.24) is 0 Å². The fraction of sp³-hybridized carbons (Fsp3) is 0.133. The van der Waals surface area contributed by atoms with Crippen molar-refractivity contribution in [2.75, 3.05) is 6.61 Å². The van der Waals surface area contributed by atoms with E-state index in [1.807, 2.05) is 30.3 Å². The average molecular weight is 225 g/mol. The zero-order valence-electron chi connectivity index (χ0n) is 9.43. The van der Waals surface area contributed by atoms with E-state index < -0.39 is 0 Å². The molecule has 17 heavy (non-hydrogen) atoms. The van der Waals surface area contributed by atoms with E-state index in [4.69, 9.17) is 0 Å². The van der Waals surface area contributed by atoms with Crippen molar-refractivity contribution in [3.63, 3.8) is 0 Å². The molecule has 0 fully saturated rings. The molecule has 0 N–H and O–H groups in total. The molecule has 2 heteroatoms. The van der Waals surface area contributed by atoms with Crippen molar-refractivity contribution in [3.8, 4) is 11.1 Å². The molecule has 0 amide bonds. The first-order chi connectivity index (χ1) is 8.42. The van der Waals surface area contributed by atoms with Gasteiger partial charge in [0.25, 0.3) is 0 Å². The van der Waals surface area contributed by atoms with E-state index in [1.54, 1.807) is 0 Å². The summed E-state index contributed by atoms with van der Waals surface area (Å²) in [6.07, 6.45) is 0.709. The number of hydrogen-bond acceptors (Lipinski definition) is 2. The van der Waals surface area contributed by atoms with E-state index in [2.05, 4.69) is 29.0 Å². The molecule has 0 bridgehead atoms. The quantitative estimate of drug-likeness (QED) is 0.731. The second-order valence-corrected chi connectivity index (χ2v) is 3.70. The van der Waals surface area contributed by atoms with E-state index in [9.17, 15) is 4.79 Å². The summed E-state index contributed by atoms with van der Waals surface area (Å²) in [4.78, 5) is 10.0. The Hall–Kier alpha value is -2.09. The predicted molar refractivity (Wildman–Crippen MR) is 67.2 cm³/mol. The third-order valence-corrected chi connectivity index (χ3v) is 2.63. The molecule has 0 aliphatic carbocycles. The van der Waals surface area contributed by atoms with Crippen LogP contribution in [0.25, 0.3) is 11.1 Å². The second-order valence-electron chi connectivity index (χ2n) is 3.70. The number of rotatable bonds is 5. The van der Waals surface area contributed by atoms with Crippen LogP contribution in [0, 0.1) is 0 Å². The first-order valence-corrected chi connectivity index (χ1v) is 5.54. The fourth-order valence-electron chi connectivity index (χ4n) is 1.84. The minimum Gasteiger partial charge on any atom is -0.457 e. The lowest BCUT2D eigenvalue weighted by atomic mass is 9.98. The molecule has 0 saturated heterocycles. The van der Waals surface area contributed by atoms with Crippen LogP contribution in [0.1, 0.15) is 5.56 Å². The van der Waals surface area contributed by atoms with Crippen LogP contribution < -0.4 is 0 Å². The fourth-order valence-corrected chi connectivity index (χ4v) is 1.84. The van der Waals surface area contributed by atoms with Gasteiger partial charge in [0.15, 0.2) is 0 Å². The summed E-state index contributed by atoms with van der Waals surface area (Å²) in [5.41, 5.74) is 3.54. The standard InChI is InChI=1S/C15H13O2/c16-12-17-11-10-14-8-4-5-9-15(14)13-6-2-1-3-7-13/h1-9H,10-11H2. The van der Waals surface area contributed by atoms with E-state index in [0.29, 0.717) is 13.0 Å². The minimum atomic E-state index is 0.368. The van der Waals surface area contributed by atoms with Crippen LogP contribution >= 0.6 is 0 Å². The topological polar surface area (TPSA) is 26.3 Å². The van der Waals surface area contributed by atoms with Crippen molar-refractivity contribution in [2.24, 2.45) is 0 Å². The van der Waals surface area contributed by atoms with Gasteiger partial charge in [0.1, 0.15) is 0 Å². The molecule has 2 aromatic rings. The molecule has 2 rings (SSSR count). The molecule has 0 aliphatic heterocycles. The van der Waals surface area contributed by atoms with E-state index in [0.717, 1.165) is 0 Å². The Morgan fingerprint density at radius 2 is 1.65 bits per heavy atom. The smallest absolute Gasteiger partial charge is 0.417 e. The van der Waals surface area contributed by atoms with Crippen LogP contribution in [-0.2, 0) is 16.0 Å². The average Bonchev–Trinajstić information content (AvgIpc) is 2.41. The summed E-state index contributed by atoms with van der Waals surface area (Å²) in [6, 6.07) is 18.3. The largest absolute Gasteiger partial charge is 0.457 e. The molecule has 85 valence electrons. The van der Waals surface area contributed by atoms with Gasteiger partial charge in [0.05, 0.1) is 6.61 Å². The number of ether oxygens (including phenoxy) is 1. The molecule has 0 atom stereocenters. The summed E-state index contributed by atoms with van der Waals surface area (Å²) >= 11 is 0. The molecule has 0 heterocycles. The number of carbonyl (C=O) groups excluding carboxylic acids is 1. The van der Waals surface area contributed by atoms with Gasteiger partial charge in [-0.25, -0.2) is 4.79 Å².